The standard InChI is InChI=1S/C25H32O4/c1-23(2,3)21(26)28-19-13-9-17(10-14-19)25(7,8)18-11-15-20(16-12-18)29-22(27)24(4,5)6/h9-16H,1-8H3. The van der Waals surface area contributed by atoms with E-state index >= 15 is 0 Å². The van der Waals surface area contributed by atoms with E-state index in [2.05, 4.69) is 13.8 Å². The third kappa shape index (κ3) is 5.69. The summed E-state index contributed by atoms with van der Waals surface area (Å²) in [6.07, 6.45) is 0. The van der Waals surface area contributed by atoms with Crippen LogP contribution >= 0.6 is 0 Å². The Morgan fingerprint density at radius 3 is 1.07 bits per heavy atom. The molecule has 0 aliphatic heterocycles. The van der Waals surface area contributed by atoms with Gasteiger partial charge in [0.25, 0.3) is 0 Å². The van der Waals surface area contributed by atoms with Crippen molar-refractivity contribution in [2.75, 3.05) is 0 Å². The largest absolute Gasteiger partial charge is 0.426 e. The smallest absolute Gasteiger partial charge is 0.316 e. The van der Waals surface area contributed by atoms with E-state index in [1.165, 1.54) is 0 Å². The van der Waals surface area contributed by atoms with Gasteiger partial charge in [0.15, 0.2) is 0 Å². The maximum atomic E-state index is 12.0. The Labute approximate surface area is 174 Å². The minimum atomic E-state index is -0.546. The number of ether oxygens (including phenoxy) is 2. The number of hydrogen-bond acceptors (Lipinski definition) is 4. The van der Waals surface area contributed by atoms with Crippen molar-refractivity contribution in [3.05, 3.63) is 59.7 Å². The van der Waals surface area contributed by atoms with Crippen LogP contribution in [0.4, 0.5) is 0 Å². The summed E-state index contributed by atoms with van der Waals surface area (Å²) in [5, 5.41) is 0. The predicted molar refractivity (Wildman–Crippen MR) is 115 cm³/mol. The zero-order valence-electron chi connectivity index (χ0n) is 18.8. The molecular weight excluding hydrogens is 364 g/mol. The fourth-order valence-electron chi connectivity index (χ4n) is 2.57. The molecule has 29 heavy (non-hydrogen) atoms. The molecule has 0 saturated carbocycles. The summed E-state index contributed by atoms with van der Waals surface area (Å²) in [4.78, 5) is 24.1. The zero-order chi connectivity index (χ0) is 22.0. The van der Waals surface area contributed by atoms with Gasteiger partial charge in [-0.1, -0.05) is 38.1 Å². The van der Waals surface area contributed by atoms with Crippen LogP contribution in [0.5, 0.6) is 11.5 Å². The second-order valence-corrected chi connectivity index (χ2v) is 9.95. The monoisotopic (exact) mass is 396 g/mol. The van der Waals surface area contributed by atoms with Crippen LogP contribution in [0.2, 0.25) is 0 Å². The first-order valence-corrected chi connectivity index (χ1v) is 9.87. The molecule has 2 aromatic carbocycles. The van der Waals surface area contributed by atoms with Crippen molar-refractivity contribution < 1.29 is 19.1 Å². The van der Waals surface area contributed by atoms with Crippen LogP contribution in [-0.4, -0.2) is 11.9 Å². The van der Waals surface area contributed by atoms with Gasteiger partial charge in [0.05, 0.1) is 10.8 Å². The van der Waals surface area contributed by atoms with Gasteiger partial charge in [-0.05, 0) is 76.9 Å². The summed E-state index contributed by atoms with van der Waals surface area (Å²) >= 11 is 0. The minimum absolute atomic E-state index is 0.259. The molecule has 4 heteroatoms. The van der Waals surface area contributed by atoms with E-state index in [-0.39, 0.29) is 17.4 Å². The van der Waals surface area contributed by atoms with E-state index in [0.717, 1.165) is 11.1 Å². The first-order chi connectivity index (χ1) is 13.2. The molecule has 0 heterocycles. The van der Waals surface area contributed by atoms with Gasteiger partial charge in [0.2, 0.25) is 0 Å². The van der Waals surface area contributed by atoms with Crippen LogP contribution in [0.1, 0.15) is 66.5 Å². The van der Waals surface area contributed by atoms with Crippen molar-refractivity contribution in [3.63, 3.8) is 0 Å². The fourth-order valence-corrected chi connectivity index (χ4v) is 2.57. The lowest BCUT2D eigenvalue weighted by molar-refractivity contribution is -0.143. The van der Waals surface area contributed by atoms with Crippen LogP contribution in [0.3, 0.4) is 0 Å². The van der Waals surface area contributed by atoms with E-state index in [0.29, 0.717) is 11.5 Å². The van der Waals surface area contributed by atoms with Crippen molar-refractivity contribution >= 4 is 11.9 Å². The van der Waals surface area contributed by atoms with Crippen LogP contribution in [-0.2, 0) is 15.0 Å². The summed E-state index contributed by atoms with van der Waals surface area (Å²) < 4.78 is 10.9. The van der Waals surface area contributed by atoms with Gasteiger partial charge in [0, 0.05) is 5.41 Å². The van der Waals surface area contributed by atoms with Gasteiger partial charge < -0.3 is 9.47 Å². The maximum Gasteiger partial charge on any atom is 0.316 e. The molecule has 0 aliphatic carbocycles. The van der Waals surface area contributed by atoms with Crippen LogP contribution in [0.25, 0.3) is 0 Å². The van der Waals surface area contributed by atoms with Crippen molar-refractivity contribution in [1.82, 2.24) is 0 Å². The number of esters is 2. The van der Waals surface area contributed by atoms with E-state index < -0.39 is 10.8 Å². The molecular formula is C25H32O4. The molecule has 0 saturated heterocycles. The maximum absolute atomic E-state index is 12.0. The van der Waals surface area contributed by atoms with Gasteiger partial charge in [0.1, 0.15) is 11.5 Å². The molecule has 0 fully saturated rings. The van der Waals surface area contributed by atoms with Crippen molar-refractivity contribution in [2.45, 2.75) is 60.8 Å². The molecule has 4 nitrogen and oxygen atoms in total. The van der Waals surface area contributed by atoms with Gasteiger partial charge in [-0.2, -0.15) is 0 Å². The molecule has 0 aromatic heterocycles. The molecule has 0 N–H and O–H groups in total. The Bertz CT molecular complexity index is 788. The van der Waals surface area contributed by atoms with Crippen LogP contribution < -0.4 is 9.47 Å². The third-order valence-corrected chi connectivity index (χ3v) is 4.80. The van der Waals surface area contributed by atoms with Crippen LogP contribution in [0, 0.1) is 10.8 Å². The van der Waals surface area contributed by atoms with Gasteiger partial charge in [-0.3, -0.25) is 9.59 Å². The second-order valence-electron chi connectivity index (χ2n) is 9.95. The van der Waals surface area contributed by atoms with Crippen molar-refractivity contribution in [1.29, 1.82) is 0 Å². The molecule has 0 bridgehead atoms. The lowest BCUT2D eigenvalue weighted by Gasteiger charge is -2.27. The Morgan fingerprint density at radius 2 is 0.828 bits per heavy atom. The Morgan fingerprint density at radius 1 is 0.552 bits per heavy atom. The van der Waals surface area contributed by atoms with E-state index in [9.17, 15) is 9.59 Å². The Hall–Kier alpha value is -2.62. The molecule has 0 atom stereocenters. The highest BCUT2D eigenvalue weighted by Crippen LogP contribution is 2.34. The zero-order valence-corrected chi connectivity index (χ0v) is 18.8. The number of carbonyl (C=O) groups excluding carboxylic acids is 2. The highest BCUT2D eigenvalue weighted by Gasteiger charge is 2.26. The summed E-state index contributed by atoms with van der Waals surface area (Å²) in [5.41, 5.74) is 0.825. The Balaban J connectivity index is 2.16. The predicted octanol–water partition coefficient (Wildman–Crippen LogP) is 5.92. The van der Waals surface area contributed by atoms with Crippen molar-refractivity contribution in [3.8, 4) is 11.5 Å². The molecule has 0 amide bonds. The number of hydrogen-bond donors (Lipinski definition) is 0. The fraction of sp³-hybridized carbons (Fsp3) is 0.440. The summed E-state index contributed by atoms with van der Waals surface area (Å²) in [6, 6.07) is 15.2. The van der Waals surface area contributed by atoms with Crippen molar-refractivity contribution in [2.24, 2.45) is 10.8 Å². The lowest BCUT2D eigenvalue weighted by atomic mass is 9.78. The summed E-state index contributed by atoms with van der Waals surface area (Å²) in [6.45, 7) is 15.2. The molecule has 0 aliphatic rings. The molecule has 0 unspecified atom stereocenters. The molecule has 2 rings (SSSR count). The normalized spacial score (nSPS) is 12.4. The van der Waals surface area contributed by atoms with E-state index in [1.807, 2.05) is 90.1 Å². The average molecular weight is 397 g/mol. The highest BCUT2D eigenvalue weighted by molar-refractivity contribution is 5.78. The Kier molecular flexibility index (Phi) is 6.27. The molecule has 0 spiro atoms. The lowest BCUT2D eigenvalue weighted by Crippen LogP contribution is -2.26. The SMILES string of the molecule is CC(C)(C)C(=O)Oc1ccc(C(C)(C)c2ccc(OC(=O)C(C)(C)C)cc2)cc1. The van der Waals surface area contributed by atoms with Crippen LogP contribution in [0.15, 0.2) is 48.5 Å². The average Bonchev–Trinajstić information content (AvgIpc) is 2.61. The summed E-state index contributed by atoms with van der Waals surface area (Å²) in [7, 11) is 0. The van der Waals surface area contributed by atoms with Gasteiger partial charge in [-0.15, -0.1) is 0 Å². The number of carbonyl (C=O) groups is 2. The first-order valence-electron chi connectivity index (χ1n) is 9.87. The minimum Gasteiger partial charge on any atom is -0.426 e. The highest BCUT2D eigenvalue weighted by atomic mass is 16.5. The van der Waals surface area contributed by atoms with E-state index in [1.54, 1.807) is 0 Å². The van der Waals surface area contributed by atoms with Gasteiger partial charge in [-0.25, -0.2) is 0 Å². The van der Waals surface area contributed by atoms with Gasteiger partial charge >= 0.3 is 11.9 Å². The van der Waals surface area contributed by atoms with E-state index in [4.69, 9.17) is 9.47 Å². The molecule has 2 aromatic rings. The number of rotatable bonds is 4. The second kappa shape index (κ2) is 8.02. The first kappa shape index (κ1) is 22.7. The summed E-state index contributed by atoms with van der Waals surface area (Å²) in [5.74, 6) is 0.553. The number of benzene rings is 2. The topological polar surface area (TPSA) is 52.6 Å². The quantitative estimate of drug-likeness (QED) is 0.476. The molecule has 156 valence electrons. The third-order valence-electron chi connectivity index (χ3n) is 4.80. The molecule has 0 radical (unpaired) electrons.